The van der Waals surface area contributed by atoms with Crippen molar-refractivity contribution in [1.29, 1.82) is 0 Å². The third-order valence-corrected chi connectivity index (χ3v) is 0. The molecule has 0 amide bonds. The standard InChI is InChI=1S/CH3.2ClH.Zr/h1H3;2*1H;/q-1;;;+2/p-2. The molecule has 0 aliphatic carbocycles. The van der Waals surface area contributed by atoms with Gasteiger partial charge in [-0.3, -0.25) is 0 Å². The normalized spacial score (nSPS) is 3.50. The Bertz CT molecular complexity index is 6.00. The molecule has 0 saturated heterocycles. The summed E-state index contributed by atoms with van der Waals surface area (Å²) in [5, 5.41) is 0. The molecule has 0 nitrogen and oxygen atoms in total. The van der Waals surface area contributed by atoms with Gasteiger partial charge in [0.15, 0.2) is 0 Å². The zero-order valence-electron chi connectivity index (χ0n) is 2.26. The average molecular weight is 177 g/mol. The van der Waals surface area contributed by atoms with E-state index in [-0.39, 0.29) is 7.43 Å². The molecule has 0 bridgehead atoms. The van der Waals surface area contributed by atoms with Crippen LogP contribution in [0.4, 0.5) is 0 Å². The van der Waals surface area contributed by atoms with E-state index in [2.05, 4.69) is 0 Å². The predicted molar refractivity (Wildman–Crippen MR) is 18.1 cm³/mol. The van der Waals surface area contributed by atoms with Crippen molar-refractivity contribution in [3.63, 3.8) is 0 Å². The summed E-state index contributed by atoms with van der Waals surface area (Å²) in [6.07, 6.45) is 0. The molecule has 0 radical (unpaired) electrons. The Morgan fingerprint density at radius 1 is 1.25 bits per heavy atom. The molecule has 0 heterocycles. The van der Waals surface area contributed by atoms with E-state index in [0.717, 1.165) is 0 Å². The van der Waals surface area contributed by atoms with Crippen LogP contribution in [0.25, 0.3) is 0 Å². The molecule has 0 aromatic carbocycles. The summed E-state index contributed by atoms with van der Waals surface area (Å²) >= 11 is -0.826. The molecule has 3 heteroatoms. The molecular weight excluding hydrogens is 174 g/mol. The summed E-state index contributed by atoms with van der Waals surface area (Å²) in [7, 11) is 9.87. The van der Waals surface area contributed by atoms with Gasteiger partial charge >= 0.3 is 37.9 Å². The van der Waals surface area contributed by atoms with Crippen molar-refractivity contribution >= 4 is 17.0 Å². The first-order valence-corrected chi connectivity index (χ1v) is 6.71. The first-order chi connectivity index (χ1) is 1.41. The minimum absolute atomic E-state index is 0. The second-order valence-electron chi connectivity index (χ2n) is 0.0714. The van der Waals surface area contributed by atoms with E-state index < -0.39 is 20.8 Å². The summed E-state index contributed by atoms with van der Waals surface area (Å²) in [6, 6.07) is 0. The van der Waals surface area contributed by atoms with Gasteiger partial charge in [-0.15, -0.1) is 0 Å². The van der Waals surface area contributed by atoms with Gasteiger partial charge in [-0.1, -0.05) is 0 Å². The Hall–Kier alpha value is 1.46. The van der Waals surface area contributed by atoms with Gasteiger partial charge in [0.2, 0.25) is 0 Å². The Kier molecular flexibility index (Phi) is 20.0. The first-order valence-electron chi connectivity index (χ1n) is 0.378. The predicted octanol–water partition coefficient (Wildman–Crippen LogP) is 1.83. The van der Waals surface area contributed by atoms with E-state index in [0.29, 0.717) is 0 Å². The monoisotopic (exact) mass is 175 g/mol. The second-order valence-corrected chi connectivity index (χ2v) is 3.80. The van der Waals surface area contributed by atoms with E-state index in [1.165, 1.54) is 0 Å². The second kappa shape index (κ2) is 8.82. The molecule has 26 valence electrons. The number of rotatable bonds is 0. The fourth-order valence-corrected chi connectivity index (χ4v) is 0. The van der Waals surface area contributed by atoms with Crippen LogP contribution >= 0.6 is 17.0 Å². The van der Waals surface area contributed by atoms with Gasteiger partial charge in [-0.2, -0.15) is 0 Å². The quantitative estimate of drug-likeness (QED) is 0.495. The van der Waals surface area contributed by atoms with E-state index in [9.17, 15) is 0 Å². The molecule has 0 unspecified atom stereocenters. The van der Waals surface area contributed by atoms with Crippen molar-refractivity contribution in [3.8, 4) is 0 Å². The Balaban J connectivity index is 0. The van der Waals surface area contributed by atoms with Crippen molar-refractivity contribution in [3.05, 3.63) is 7.43 Å². The molecular formula is CH3Cl2Zr-. The van der Waals surface area contributed by atoms with Crippen molar-refractivity contribution < 1.29 is 20.8 Å². The summed E-state index contributed by atoms with van der Waals surface area (Å²) in [6.45, 7) is 0. The molecule has 4 heavy (non-hydrogen) atoms. The third kappa shape index (κ3) is 9.81. The van der Waals surface area contributed by atoms with Crippen LogP contribution < -0.4 is 0 Å². The van der Waals surface area contributed by atoms with Gasteiger partial charge < -0.3 is 7.43 Å². The maximum absolute atomic E-state index is 4.93. The molecule has 0 N–H and O–H groups in total. The summed E-state index contributed by atoms with van der Waals surface area (Å²) in [4.78, 5) is 0. The van der Waals surface area contributed by atoms with E-state index in [1.54, 1.807) is 0 Å². The molecule has 0 saturated carbocycles. The zero-order valence-corrected chi connectivity index (χ0v) is 6.23. The van der Waals surface area contributed by atoms with Crippen molar-refractivity contribution in [2.45, 2.75) is 0 Å². The molecule has 0 aliphatic rings. The van der Waals surface area contributed by atoms with Gasteiger partial charge in [-0.05, 0) is 0 Å². The van der Waals surface area contributed by atoms with Gasteiger partial charge in [0, 0.05) is 0 Å². The zero-order chi connectivity index (χ0) is 2.71. The molecule has 0 rings (SSSR count). The SMILES string of the molecule is [CH3-].[Cl][Zr][Cl]. The Labute approximate surface area is 45.2 Å². The fraction of sp³-hybridized carbons (Fsp3) is 0. The minimum atomic E-state index is -0.826. The Morgan fingerprint density at radius 3 is 1.25 bits per heavy atom. The molecule has 0 aliphatic heterocycles. The average Bonchev–Trinajstić information content (AvgIpc) is 0.918. The van der Waals surface area contributed by atoms with Gasteiger partial charge in [0.05, 0.1) is 0 Å². The number of hydrogen-bond donors (Lipinski definition) is 0. The third-order valence-electron chi connectivity index (χ3n) is 0. The van der Waals surface area contributed by atoms with Crippen LogP contribution in [0.5, 0.6) is 0 Å². The summed E-state index contributed by atoms with van der Waals surface area (Å²) < 4.78 is 0. The topological polar surface area (TPSA) is 0 Å². The maximum atomic E-state index is 4.93. The van der Waals surface area contributed by atoms with Crippen LogP contribution in [0.3, 0.4) is 0 Å². The van der Waals surface area contributed by atoms with Crippen molar-refractivity contribution in [1.82, 2.24) is 0 Å². The van der Waals surface area contributed by atoms with Gasteiger partial charge in [-0.25, -0.2) is 0 Å². The van der Waals surface area contributed by atoms with Gasteiger partial charge in [0.25, 0.3) is 0 Å². The molecule has 0 atom stereocenters. The van der Waals surface area contributed by atoms with Crippen LogP contribution in [-0.2, 0) is 20.8 Å². The van der Waals surface area contributed by atoms with Crippen LogP contribution in [0, 0.1) is 7.43 Å². The van der Waals surface area contributed by atoms with Crippen LogP contribution in [0.15, 0.2) is 0 Å². The van der Waals surface area contributed by atoms with Crippen molar-refractivity contribution in [2.24, 2.45) is 0 Å². The summed E-state index contributed by atoms with van der Waals surface area (Å²) in [5.74, 6) is 0. The molecule has 0 spiro atoms. The van der Waals surface area contributed by atoms with Crippen LogP contribution in [0.2, 0.25) is 0 Å². The van der Waals surface area contributed by atoms with Crippen LogP contribution in [0.1, 0.15) is 0 Å². The van der Waals surface area contributed by atoms with E-state index in [1.807, 2.05) is 0 Å². The number of halogens is 2. The van der Waals surface area contributed by atoms with E-state index >= 15 is 0 Å². The summed E-state index contributed by atoms with van der Waals surface area (Å²) in [5.41, 5.74) is 0. The van der Waals surface area contributed by atoms with Crippen molar-refractivity contribution in [2.75, 3.05) is 0 Å². The molecule has 0 fully saturated rings. The fourth-order valence-electron chi connectivity index (χ4n) is 0. The van der Waals surface area contributed by atoms with Gasteiger partial charge in [0.1, 0.15) is 0 Å². The number of hydrogen-bond acceptors (Lipinski definition) is 0. The Morgan fingerprint density at radius 2 is 1.25 bits per heavy atom. The van der Waals surface area contributed by atoms with Crippen LogP contribution in [-0.4, -0.2) is 0 Å². The molecule has 0 aromatic heterocycles. The first kappa shape index (κ1) is 9.07. The molecule has 0 aromatic rings. The van der Waals surface area contributed by atoms with E-state index in [4.69, 9.17) is 17.0 Å².